The van der Waals surface area contributed by atoms with Crippen LogP contribution in [0, 0.1) is 11.8 Å². The lowest BCUT2D eigenvalue weighted by molar-refractivity contribution is -0.142. The van der Waals surface area contributed by atoms with E-state index < -0.39 is 12.0 Å². The van der Waals surface area contributed by atoms with Gasteiger partial charge in [-0.25, -0.2) is 4.79 Å². The Bertz CT molecular complexity index is 297. The van der Waals surface area contributed by atoms with Crippen LogP contribution in [-0.2, 0) is 9.59 Å². The molecule has 1 saturated carbocycles. The molecule has 0 bridgehead atoms. The number of carboxylic acid groups (broad SMARTS) is 1. The molecule has 19 heavy (non-hydrogen) atoms. The lowest BCUT2D eigenvalue weighted by atomic mass is 9.94. The highest BCUT2D eigenvalue weighted by Crippen LogP contribution is 2.32. The van der Waals surface area contributed by atoms with Crippen molar-refractivity contribution < 1.29 is 14.7 Å². The summed E-state index contributed by atoms with van der Waals surface area (Å²) in [5.74, 6) is -0.442. The Balaban J connectivity index is 2.30. The van der Waals surface area contributed by atoms with Crippen LogP contribution < -0.4 is 11.1 Å². The third-order valence-corrected chi connectivity index (χ3v) is 3.73. The predicted molar refractivity (Wildman–Crippen MR) is 73.6 cm³/mol. The van der Waals surface area contributed by atoms with Crippen LogP contribution >= 0.6 is 0 Å². The van der Waals surface area contributed by atoms with E-state index in [0.717, 1.165) is 38.5 Å². The Morgan fingerprint density at radius 1 is 1.32 bits per heavy atom. The maximum atomic E-state index is 11.8. The number of nitrogens with two attached hydrogens (primary N) is 1. The molecule has 4 N–H and O–H groups in total. The van der Waals surface area contributed by atoms with Gasteiger partial charge in [0.25, 0.3) is 0 Å². The average molecular weight is 270 g/mol. The van der Waals surface area contributed by atoms with Crippen LogP contribution in [0.25, 0.3) is 0 Å². The second-order valence-electron chi connectivity index (χ2n) is 5.49. The molecule has 110 valence electrons. The third kappa shape index (κ3) is 6.05. The number of carbonyl (C=O) groups excluding carboxylic acids is 1. The lowest BCUT2D eigenvalue weighted by Gasteiger charge is -2.17. The maximum Gasteiger partial charge on any atom is 0.326 e. The minimum Gasteiger partial charge on any atom is -0.480 e. The monoisotopic (exact) mass is 270 g/mol. The summed E-state index contributed by atoms with van der Waals surface area (Å²) in [7, 11) is 0. The van der Waals surface area contributed by atoms with Gasteiger partial charge in [0, 0.05) is 6.42 Å². The van der Waals surface area contributed by atoms with Crippen molar-refractivity contribution >= 4 is 11.9 Å². The molecular weight excluding hydrogens is 244 g/mol. The Hall–Kier alpha value is -1.10. The molecule has 5 heteroatoms. The van der Waals surface area contributed by atoms with Gasteiger partial charge in [0.05, 0.1) is 0 Å². The predicted octanol–water partition coefficient (Wildman–Crippen LogP) is 1.51. The molecule has 1 fully saturated rings. The standard InChI is InChI=1S/C14H26N2O3/c1-2-3-10(8-9-15)4-7-12(17)16-13(14(18)19)11-5-6-11/h10-11,13H,2-9,15H2,1H3,(H,16,17)(H,18,19). The minimum atomic E-state index is -0.914. The fourth-order valence-electron chi connectivity index (χ4n) is 2.47. The van der Waals surface area contributed by atoms with E-state index in [1.807, 2.05) is 0 Å². The maximum absolute atomic E-state index is 11.8. The van der Waals surface area contributed by atoms with E-state index >= 15 is 0 Å². The summed E-state index contributed by atoms with van der Waals surface area (Å²) in [5.41, 5.74) is 5.56. The normalized spacial score (nSPS) is 17.8. The number of hydrogen-bond acceptors (Lipinski definition) is 3. The van der Waals surface area contributed by atoms with Gasteiger partial charge in [0.15, 0.2) is 0 Å². The fraction of sp³-hybridized carbons (Fsp3) is 0.857. The fourth-order valence-corrected chi connectivity index (χ4v) is 2.47. The van der Waals surface area contributed by atoms with Gasteiger partial charge in [-0.15, -0.1) is 0 Å². The lowest BCUT2D eigenvalue weighted by Crippen LogP contribution is -2.42. The summed E-state index contributed by atoms with van der Waals surface area (Å²) in [6, 6.07) is -0.688. The molecule has 0 heterocycles. The quantitative estimate of drug-likeness (QED) is 0.561. The van der Waals surface area contributed by atoms with Crippen LogP contribution in [0.3, 0.4) is 0 Å². The Labute approximate surface area is 114 Å². The summed E-state index contributed by atoms with van der Waals surface area (Å²) in [6.07, 6.45) is 6.12. The van der Waals surface area contributed by atoms with Crippen LogP contribution in [0.5, 0.6) is 0 Å². The summed E-state index contributed by atoms with van der Waals surface area (Å²) in [5, 5.41) is 11.7. The molecule has 0 aromatic carbocycles. The Morgan fingerprint density at radius 3 is 2.47 bits per heavy atom. The van der Waals surface area contributed by atoms with Gasteiger partial charge >= 0.3 is 5.97 Å². The summed E-state index contributed by atoms with van der Waals surface area (Å²) in [6.45, 7) is 2.77. The van der Waals surface area contributed by atoms with Crippen molar-refractivity contribution in [2.24, 2.45) is 17.6 Å². The number of carboxylic acids is 1. The molecule has 0 aromatic rings. The Morgan fingerprint density at radius 2 is 2.00 bits per heavy atom. The molecular formula is C14H26N2O3. The smallest absolute Gasteiger partial charge is 0.326 e. The van der Waals surface area contributed by atoms with E-state index in [0.29, 0.717) is 18.9 Å². The van der Waals surface area contributed by atoms with Crippen molar-refractivity contribution in [3.05, 3.63) is 0 Å². The highest BCUT2D eigenvalue weighted by Gasteiger charge is 2.37. The average Bonchev–Trinajstić information content (AvgIpc) is 3.17. The molecule has 1 aliphatic rings. The second kappa shape index (κ2) is 8.15. The van der Waals surface area contributed by atoms with E-state index in [-0.39, 0.29) is 11.8 Å². The first-order valence-corrected chi connectivity index (χ1v) is 7.30. The van der Waals surface area contributed by atoms with Gasteiger partial charge in [0.2, 0.25) is 5.91 Å². The van der Waals surface area contributed by atoms with Crippen molar-refractivity contribution in [1.29, 1.82) is 0 Å². The molecule has 0 aliphatic heterocycles. The summed E-state index contributed by atoms with van der Waals surface area (Å²) < 4.78 is 0. The molecule has 0 radical (unpaired) electrons. The second-order valence-corrected chi connectivity index (χ2v) is 5.49. The summed E-state index contributed by atoms with van der Waals surface area (Å²) >= 11 is 0. The number of hydrogen-bond donors (Lipinski definition) is 3. The zero-order chi connectivity index (χ0) is 14.3. The van der Waals surface area contributed by atoms with Gasteiger partial charge < -0.3 is 16.2 Å². The van der Waals surface area contributed by atoms with Gasteiger partial charge in [-0.1, -0.05) is 19.8 Å². The molecule has 1 aliphatic carbocycles. The first-order valence-electron chi connectivity index (χ1n) is 7.30. The van der Waals surface area contributed by atoms with E-state index in [2.05, 4.69) is 12.2 Å². The highest BCUT2D eigenvalue weighted by molar-refractivity contribution is 5.83. The number of nitrogens with one attached hydrogen (secondary N) is 1. The molecule has 0 spiro atoms. The van der Waals surface area contributed by atoms with Crippen molar-refractivity contribution in [2.45, 2.75) is 57.9 Å². The topological polar surface area (TPSA) is 92.4 Å². The van der Waals surface area contributed by atoms with Gasteiger partial charge in [-0.05, 0) is 44.1 Å². The summed E-state index contributed by atoms with van der Waals surface area (Å²) in [4.78, 5) is 22.8. The van der Waals surface area contributed by atoms with E-state index in [4.69, 9.17) is 10.8 Å². The van der Waals surface area contributed by atoms with Crippen molar-refractivity contribution in [3.8, 4) is 0 Å². The molecule has 0 saturated heterocycles. The molecule has 5 nitrogen and oxygen atoms in total. The van der Waals surface area contributed by atoms with Crippen LogP contribution in [0.1, 0.15) is 51.9 Å². The van der Waals surface area contributed by atoms with Crippen LogP contribution in [-0.4, -0.2) is 29.6 Å². The number of amides is 1. The van der Waals surface area contributed by atoms with Crippen LogP contribution in [0.2, 0.25) is 0 Å². The van der Waals surface area contributed by atoms with E-state index in [1.54, 1.807) is 0 Å². The van der Waals surface area contributed by atoms with Crippen LogP contribution in [0.15, 0.2) is 0 Å². The van der Waals surface area contributed by atoms with Crippen molar-refractivity contribution in [2.75, 3.05) is 6.54 Å². The molecule has 2 atom stereocenters. The van der Waals surface area contributed by atoms with E-state index in [1.165, 1.54) is 0 Å². The number of rotatable bonds is 10. The largest absolute Gasteiger partial charge is 0.480 e. The number of carbonyl (C=O) groups is 2. The van der Waals surface area contributed by atoms with Gasteiger partial charge in [0.1, 0.15) is 6.04 Å². The van der Waals surface area contributed by atoms with Gasteiger partial charge in [-0.3, -0.25) is 4.79 Å². The Kier molecular flexibility index (Phi) is 6.84. The first kappa shape index (κ1) is 16.0. The SMILES string of the molecule is CCCC(CCN)CCC(=O)NC(C(=O)O)C1CC1. The zero-order valence-electron chi connectivity index (χ0n) is 11.7. The molecule has 2 unspecified atom stereocenters. The van der Waals surface area contributed by atoms with Crippen molar-refractivity contribution in [1.82, 2.24) is 5.32 Å². The first-order chi connectivity index (χ1) is 9.08. The van der Waals surface area contributed by atoms with Crippen LogP contribution in [0.4, 0.5) is 0 Å². The molecule has 1 rings (SSSR count). The van der Waals surface area contributed by atoms with E-state index in [9.17, 15) is 9.59 Å². The molecule has 0 aromatic heterocycles. The third-order valence-electron chi connectivity index (χ3n) is 3.73. The number of aliphatic carboxylic acids is 1. The van der Waals surface area contributed by atoms with Gasteiger partial charge in [-0.2, -0.15) is 0 Å². The minimum absolute atomic E-state index is 0.136. The molecule has 1 amide bonds. The van der Waals surface area contributed by atoms with Crippen molar-refractivity contribution in [3.63, 3.8) is 0 Å². The highest BCUT2D eigenvalue weighted by atomic mass is 16.4. The zero-order valence-corrected chi connectivity index (χ0v) is 11.7.